The standard InChI is InChI=1S/C43H30/c1-43(2)39-14-8-7-12-35(39)36-24-23-31(26-40(36)43)27-15-17-29(18-16-27)38-25-32-22-21-30-20-19-28-9-3-4-10-33(28)41(30)42(32)37-13-6-5-11-34(37)38/h3-26H,1-2H3. The lowest BCUT2D eigenvalue weighted by atomic mass is 9.81. The fourth-order valence-corrected chi connectivity index (χ4v) is 7.66. The normalized spacial score (nSPS) is 13.5. The van der Waals surface area contributed by atoms with Gasteiger partial charge in [-0.3, -0.25) is 0 Å². The summed E-state index contributed by atoms with van der Waals surface area (Å²) in [7, 11) is 0. The molecule has 43 heavy (non-hydrogen) atoms. The van der Waals surface area contributed by atoms with Gasteiger partial charge in [-0.1, -0.05) is 147 Å². The highest BCUT2D eigenvalue weighted by atomic mass is 14.4. The van der Waals surface area contributed by atoms with Crippen LogP contribution in [0.3, 0.4) is 0 Å². The molecule has 0 nitrogen and oxygen atoms in total. The van der Waals surface area contributed by atoms with Gasteiger partial charge in [-0.2, -0.15) is 0 Å². The molecule has 0 radical (unpaired) electrons. The Bertz CT molecular complexity index is 2400. The number of fused-ring (bicyclic) bond motifs is 10. The summed E-state index contributed by atoms with van der Waals surface area (Å²) in [6.45, 7) is 4.70. The van der Waals surface area contributed by atoms with Crippen LogP contribution in [0.4, 0.5) is 0 Å². The average molecular weight is 547 g/mol. The summed E-state index contributed by atoms with van der Waals surface area (Å²) in [5, 5.41) is 10.4. The van der Waals surface area contributed by atoms with Gasteiger partial charge in [0.1, 0.15) is 0 Å². The van der Waals surface area contributed by atoms with Crippen molar-refractivity contribution < 1.29 is 0 Å². The fraction of sp³-hybridized carbons (Fsp3) is 0.0698. The minimum Gasteiger partial charge on any atom is -0.0619 e. The molecule has 0 heterocycles. The second-order valence-corrected chi connectivity index (χ2v) is 12.5. The third kappa shape index (κ3) is 3.50. The minimum absolute atomic E-state index is 0.00137. The number of hydrogen-bond donors (Lipinski definition) is 0. The van der Waals surface area contributed by atoms with Crippen LogP contribution in [0.25, 0.3) is 76.5 Å². The Morgan fingerprint density at radius 2 is 0.930 bits per heavy atom. The molecule has 202 valence electrons. The second kappa shape index (κ2) is 8.90. The van der Waals surface area contributed by atoms with Crippen LogP contribution in [0.1, 0.15) is 25.0 Å². The number of rotatable bonds is 2. The first-order valence-electron chi connectivity index (χ1n) is 15.2. The van der Waals surface area contributed by atoms with Gasteiger partial charge in [0.05, 0.1) is 0 Å². The van der Waals surface area contributed by atoms with Gasteiger partial charge in [-0.25, -0.2) is 0 Å². The molecule has 0 aliphatic heterocycles. The Morgan fingerprint density at radius 1 is 0.349 bits per heavy atom. The molecule has 0 saturated carbocycles. The van der Waals surface area contributed by atoms with Gasteiger partial charge in [0, 0.05) is 5.41 Å². The van der Waals surface area contributed by atoms with E-state index in [0.717, 1.165) is 0 Å². The zero-order valence-electron chi connectivity index (χ0n) is 24.4. The van der Waals surface area contributed by atoms with Crippen molar-refractivity contribution >= 4 is 43.1 Å². The van der Waals surface area contributed by atoms with Crippen molar-refractivity contribution in [2.45, 2.75) is 19.3 Å². The van der Waals surface area contributed by atoms with Crippen LogP contribution in [0.2, 0.25) is 0 Å². The predicted molar refractivity (Wildman–Crippen MR) is 185 cm³/mol. The molecule has 0 fully saturated rings. The molecule has 0 saturated heterocycles. The Morgan fingerprint density at radius 3 is 1.77 bits per heavy atom. The van der Waals surface area contributed by atoms with Crippen molar-refractivity contribution in [2.75, 3.05) is 0 Å². The van der Waals surface area contributed by atoms with Gasteiger partial charge in [0.15, 0.2) is 0 Å². The molecular weight excluding hydrogens is 516 g/mol. The topological polar surface area (TPSA) is 0 Å². The van der Waals surface area contributed by atoms with Gasteiger partial charge < -0.3 is 0 Å². The zero-order valence-corrected chi connectivity index (χ0v) is 24.4. The molecule has 0 amide bonds. The SMILES string of the molecule is CC1(C)c2ccccc2-c2ccc(-c3ccc(-c4cc5ccc6ccc7ccccc7c6c5c5ccccc45)cc3)cc21. The summed E-state index contributed by atoms with van der Waals surface area (Å²) in [6, 6.07) is 54.2. The van der Waals surface area contributed by atoms with Crippen LogP contribution in [0, 0.1) is 0 Å². The van der Waals surface area contributed by atoms with Crippen LogP contribution in [0.5, 0.6) is 0 Å². The second-order valence-electron chi connectivity index (χ2n) is 12.5. The van der Waals surface area contributed by atoms with Crippen molar-refractivity contribution in [3.05, 3.63) is 157 Å². The molecule has 0 heteroatoms. The van der Waals surface area contributed by atoms with Gasteiger partial charge in [-0.05, 0) is 99.7 Å². The molecule has 8 aromatic rings. The molecule has 1 aliphatic carbocycles. The van der Waals surface area contributed by atoms with Crippen LogP contribution >= 0.6 is 0 Å². The van der Waals surface area contributed by atoms with Crippen molar-refractivity contribution in [2.24, 2.45) is 0 Å². The quantitative estimate of drug-likeness (QED) is 0.189. The van der Waals surface area contributed by atoms with Crippen LogP contribution in [-0.4, -0.2) is 0 Å². The van der Waals surface area contributed by atoms with E-state index in [9.17, 15) is 0 Å². The van der Waals surface area contributed by atoms with Crippen molar-refractivity contribution in [3.63, 3.8) is 0 Å². The smallest absolute Gasteiger partial charge is 0.0159 e. The van der Waals surface area contributed by atoms with Crippen molar-refractivity contribution in [1.82, 2.24) is 0 Å². The van der Waals surface area contributed by atoms with E-state index in [0.29, 0.717) is 0 Å². The highest BCUT2D eigenvalue weighted by Gasteiger charge is 2.35. The molecule has 0 spiro atoms. The van der Waals surface area contributed by atoms with E-state index in [1.54, 1.807) is 0 Å². The Labute approximate surface area is 251 Å². The lowest BCUT2D eigenvalue weighted by molar-refractivity contribution is 0.660. The lowest BCUT2D eigenvalue weighted by Gasteiger charge is -2.22. The van der Waals surface area contributed by atoms with Crippen LogP contribution in [-0.2, 0) is 5.41 Å². The predicted octanol–water partition coefficient (Wildman–Crippen LogP) is 11.9. The summed E-state index contributed by atoms with van der Waals surface area (Å²) in [4.78, 5) is 0. The molecule has 0 N–H and O–H groups in total. The molecular formula is C43H30. The maximum absolute atomic E-state index is 2.41. The summed E-state index contributed by atoms with van der Waals surface area (Å²) >= 11 is 0. The third-order valence-corrected chi connectivity index (χ3v) is 9.84. The first kappa shape index (κ1) is 24.4. The van der Waals surface area contributed by atoms with E-state index in [1.165, 1.54) is 87.6 Å². The van der Waals surface area contributed by atoms with Gasteiger partial charge in [0.2, 0.25) is 0 Å². The van der Waals surface area contributed by atoms with E-state index in [-0.39, 0.29) is 5.41 Å². The minimum atomic E-state index is 0.00137. The highest BCUT2D eigenvalue weighted by Crippen LogP contribution is 2.49. The first-order valence-corrected chi connectivity index (χ1v) is 15.2. The molecule has 8 aromatic carbocycles. The Balaban J connectivity index is 1.19. The van der Waals surface area contributed by atoms with Gasteiger partial charge in [-0.15, -0.1) is 0 Å². The molecule has 0 atom stereocenters. The number of benzene rings is 8. The monoisotopic (exact) mass is 546 g/mol. The van der Waals surface area contributed by atoms with E-state index in [1.807, 2.05) is 0 Å². The molecule has 9 rings (SSSR count). The van der Waals surface area contributed by atoms with Crippen LogP contribution < -0.4 is 0 Å². The average Bonchev–Trinajstić information content (AvgIpc) is 3.29. The Hall–Kier alpha value is -5.20. The van der Waals surface area contributed by atoms with E-state index in [4.69, 9.17) is 0 Å². The summed E-state index contributed by atoms with van der Waals surface area (Å²) in [5.74, 6) is 0. The number of hydrogen-bond acceptors (Lipinski definition) is 0. The molecule has 0 unspecified atom stereocenters. The van der Waals surface area contributed by atoms with E-state index in [2.05, 4.69) is 159 Å². The summed E-state index contributed by atoms with van der Waals surface area (Å²) in [5.41, 5.74) is 10.6. The first-order chi connectivity index (χ1) is 21.1. The summed E-state index contributed by atoms with van der Waals surface area (Å²) < 4.78 is 0. The molecule has 0 bridgehead atoms. The molecule has 1 aliphatic rings. The zero-order chi connectivity index (χ0) is 28.7. The Kier molecular flexibility index (Phi) is 5.05. The van der Waals surface area contributed by atoms with E-state index < -0.39 is 0 Å². The lowest BCUT2D eigenvalue weighted by Crippen LogP contribution is -2.14. The van der Waals surface area contributed by atoms with Crippen molar-refractivity contribution in [1.29, 1.82) is 0 Å². The third-order valence-electron chi connectivity index (χ3n) is 9.84. The molecule has 0 aromatic heterocycles. The van der Waals surface area contributed by atoms with Crippen molar-refractivity contribution in [3.8, 4) is 33.4 Å². The maximum Gasteiger partial charge on any atom is 0.0159 e. The van der Waals surface area contributed by atoms with Gasteiger partial charge >= 0.3 is 0 Å². The summed E-state index contributed by atoms with van der Waals surface area (Å²) in [6.07, 6.45) is 0. The highest BCUT2D eigenvalue weighted by molar-refractivity contribution is 6.29. The van der Waals surface area contributed by atoms with E-state index >= 15 is 0 Å². The largest absolute Gasteiger partial charge is 0.0619 e. The van der Waals surface area contributed by atoms with Gasteiger partial charge in [0.25, 0.3) is 0 Å². The van der Waals surface area contributed by atoms with Crippen LogP contribution in [0.15, 0.2) is 146 Å². The fourth-order valence-electron chi connectivity index (χ4n) is 7.66. The maximum atomic E-state index is 2.41.